The molecule has 194 valence electrons. The lowest BCUT2D eigenvalue weighted by Crippen LogP contribution is -2.10. The van der Waals surface area contributed by atoms with Crippen molar-refractivity contribution in [3.05, 3.63) is 83.9 Å². The van der Waals surface area contributed by atoms with Crippen molar-refractivity contribution in [2.45, 2.75) is 48.5 Å². The van der Waals surface area contributed by atoms with Crippen LogP contribution in [0.1, 0.15) is 69.2 Å². The number of esters is 3. The molecule has 0 radical (unpaired) electrons. The average Bonchev–Trinajstić information content (AvgIpc) is 2.93. The molecule has 7 heteroatoms. The third-order valence-corrected chi connectivity index (χ3v) is 3.92. The van der Waals surface area contributed by atoms with Gasteiger partial charge in [-0.1, -0.05) is 41.5 Å². The van der Waals surface area contributed by atoms with Gasteiger partial charge < -0.3 is 18.9 Å². The Morgan fingerprint density at radius 2 is 0.750 bits per heavy atom. The van der Waals surface area contributed by atoms with Gasteiger partial charge in [-0.2, -0.15) is 0 Å². The maximum Gasteiger partial charge on any atom is 0.343 e. The highest BCUT2D eigenvalue weighted by Gasteiger charge is 2.11. The van der Waals surface area contributed by atoms with E-state index in [2.05, 4.69) is 0 Å². The van der Waals surface area contributed by atoms with Crippen LogP contribution < -0.4 is 18.9 Å². The van der Waals surface area contributed by atoms with E-state index in [1.54, 1.807) is 31.4 Å². The monoisotopic (exact) mass is 496 g/mol. The Bertz CT molecular complexity index is 1040. The first-order valence-corrected chi connectivity index (χ1v) is 11.9. The first-order valence-electron chi connectivity index (χ1n) is 11.9. The van der Waals surface area contributed by atoms with E-state index in [1.165, 1.54) is 55.5 Å². The van der Waals surface area contributed by atoms with Crippen LogP contribution in [0.15, 0.2) is 72.8 Å². The number of hydrogen-bond acceptors (Lipinski definition) is 7. The number of benzene rings is 3. The van der Waals surface area contributed by atoms with E-state index in [9.17, 15) is 14.4 Å². The minimum Gasteiger partial charge on any atom is -0.497 e. The molecule has 0 aliphatic carbocycles. The predicted molar refractivity (Wildman–Crippen MR) is 141 cm³/mol. The highest BCUT2D eigenvalue weighted by molar-refractivity contribution is 5.92. The van der Waals surface area contributed by atoms with Gasteiger partial charge in [0.25, 0.3) is 0 Å². The fourth-order valence-electron chi connectivity index (χ4n) is 2.46. The van der Waals surface area contributed by atoms with Gasteiger partial charge in [0.2, 0.25) is 0 Å². The molecule has 0 amide bonds. The fraction of sp³-hybridized carbons (Fsp3) is 0.276. The predicted octanol–water partition coefficient (Wildman–Crippen LogP) is 7.14. The molecule has 0 aliphatic rings. The summed E-state index contributed by atoms with van der Waals surface area (Å²) >= 11 is 0. The third kappa shape index (κ3) is 10.9. The summed E-state index contributed by atoms with van der Waals surface area (Å²) in [6, 6.07) is 18.6. The largest absolute Gasteiger partial charge is 0.497 e. The van der Waals surface area contributed by atoms with Crippen LogP contribution in [-0.4, -0.2) is 25.0 Å². The van der Waals surface area contributed by atoms with Gasteiger partial charge >= 0.3 is 17.9 Å². The van der Waals surface area contributed by atoms with Crippen molar-refractivity contribution < 1.29 is 33.3 Å². The lowest BCUT2D eigenvalue weighted by atomic mass is 10.2. The number of carbonyl (C=O) groups is 3. The Balaban J connectivity index is 0.00000190. The summed E-state index contributed by atoms with van der Waals surface area (Å²) in [5.74, 6) is 0.0243. The second-order valence-electron chi connectivity index (χ2n) is 6.10. The van der Waals surface area contributed by atoms with Gasteiger partial charge in [-0.3, -0.25) is 4.79 Å². The maximum absolute atomic E-state index is 12.2. The van der Waals surface area contributed by atoms with Crippen molar-refractivity contribution in [2.75, 3.05) is 7.11 Å². The van der Waals surface area contributed by atoms with E-state index in [0.717, 1.165) is 0 Å². The molecule has 0 bridgehead atoms. The number of ether oxygens (including phenoxy) is 4. The summed E-state index contributed by atoms with van der Waals surface area (Å²) in [6.45, 7) is 13.3. The molecule has 0 aromatic heterocycles. The zero-order valence-corrected chi connectivity index (χ0v) is 22.3. The zero-order valence-electron chi connectivity index (χ0n) is 22.3. The van der Waals surface area contributed by atoms with Crippen molar-refractivity contribution in [1.29, 1.82) is 0 Å². The molecule has 0 aliphatic heterocycles. The Labute approximate surface area is 214 Å². The van der Waals surface area contributed by atoms with Crippen LogP contribution in [0.3, 0.4) is 0 Å². The fourth-order valence-corrected chi connectivity index (χ4v) is 2.46. The summed E-state index contributed by atoms with van der Waals surface area (Å²) in [5.41, 5.74) is 0.671. The van der Waals surface area contributed by atoms with Crippen molar-refractivity contribution >= 4 is 17.9 Å². The molecular weight excluding hydrogens is 460 g/mol. The second kappa shape index (κ2) is 18.2. The van der Waals surface area contributed by atoms with Crippen molar-refractivity contribution in [2.24, 2.45) is 0 Å². The molecule has 3 rings (SSSR count). The van der Waals surface area contributed by atoms with Crippen LogP contribution in [0.25, 0.3) is 0 Å². The molecule has 36 heavy (non-hydrogen) atoms. The average molecular weight is 497 g/mol. The SMILES string of the molecule is CC.CC.CC.COc1ccc(C(=O)Oc2ccc(OC(=O)c3ccc(OC(C)=O)cc3)cc2)cc1. The lowest BCUT2D eigenvalue weighted by Gasteiger charge is -2.08. The summed E-state index contributed by atoms with van der Waals surface area (Å²) in [4.78, 5) is 35.3. The molecular formula is C29H36O7. The molecule has 0 N–H and O–H groups in total. The highest BCUT2D eigenvalue weighted by Crippen LogP contribution is 2.21. The van der Waals surface area contributed by atoms with Gasteiger partial charge in [-0.05, 0) is 72.8 Å². The van der Waals surface area contributed by atoms with Gasteiger partial charge in [-0.25, -0.2) is 9.59 Å². The Morgan fingerprint density at radius 3 is 1.06 bits per heavy atom. The van der Waals surface area contributed by atoms with E-state index in [1.807, 2.05) is 41.5 Å². The standard InChI is InChI=1S/C23H18O7.3C2H6/c1-15(24)28-19-9-5-17(6-10-19)23(26)30-21-13-11-20(12-14-21)29-22(25)16-3-7-18(27-2)8-4-16;3*1-2/h3-14H,1-2H3;3*1-2H3. The van der Waals surface area contributed by atoms with Gasteiger partial charge in [0, 0.05) is 6.92 Å². The molecule has 0 saturated carbocycles. The molecule has 0 saturated heterocycles. The molecule has 3 aromatic rings. The minimum atomic E-state index is -0.577. The maximum atomic E-state index is 12.2. The molecule has 7 nitrogen and oxygen atoms in total. The van der Waals surface area contributed by atoms with E-state index in [4.69, 9.17) is 18.9 Å². The van der Waals surface area contributed by atoms with E-state index >= 15 is 0 Å². The summed E-state index contributed by atoms with van der Waals surface area (Å²) in [6.07, 6.45) is 0. The molecule has 0 atom stereocenters. The zero-order chi connectivity index (χ0) is 27.5. The van der Waals surface area contributed by atoms with E-state index in [-0.39, 0.29) is 5.75 Å². The molecule has 3 aromatic carbocycles. The van der Waals surface area contributed by atoms with Crippen molar-refractivity contribution in [3.8, 4) is 23.0 Å². The van der Waals surface area contributed by atoms with Gasteiger partial charge in [0.15, 0.2) is 0 Å². The van der Waals surface area contributed by atoms with Crippen LogP contribution in [0, 0.1) is 0 Å². The molecule has 0 fully saturated rings. The Morgan fingerprint density at radius 1 is 0.472 bits per heavy atom. The van der Waals surface area contributed by atoms with Gasteiger partial charge in [-0.15, -0.1) is 0 Å². The first-order chi connectivity index (χ1) is 17.4. The first kappa shape index (κ1) is 31.9. The summed E-state index contributed by atoms with van der Waals surface area (Å²) < 4.78 is 20.6. The quantitative estimate of drug-likeness (QED) is 0.265. The van der Waals surface area contributed by atoms with Crippen molar-refractivity contribution in [1.82, 2.24) is 0 Å². The van der Waals surface area contributed by atoms with E-state index < -0.39 is 17.9 Å². The summed E-state index contributed by atoms with van der Waals surface area (Å²) in [5, 5.41) is 0. The topological polar surface area (TPSA) is 88.1 Å². The number of methoxy groups -OCH3 is 1. The lowest BCUT2D eigenvalue weighted by molar-refractivity contribution is -0.131. The summed E-state index contributed by atoms with van der Waals surface area (Å²) in [7, 11) is 1.54. The highest BCUT2D eigenvalue weighted by atomic mass is 16.5. The molecule has 0 unspecified atom stereocenters. The van der Waals surface area contributed by atoms with Crippen LogP contribution >= 0.6 is 0 Å². The minimum absolute atomic E-state index is 0.285. The van der Waals surface area contributed by atoms with Crippen LogP contribution in [0.4, 0.5) is 0 Å². The van der Waals surface area contributed by atoms with Crippen LogP contribution in [-0.2, 0) is 4.79 Å². The smallest absolute Gasteiger partial charge is 0.343 e. The normalized spacial score (nSPS) is 8.89. The third-order valence-electron chi connectivity index (χ3n) is 3.92. The van der Waals surface area contributed by atoms with Crippen molar-refractivity contribution in [3.63, 3.8) is 0 Å². The molecule has 0 heterocycles. The van der Waals surface area contributed by atoms with Crippen LogP contribution in [0.5, 0.6) is 23.0 Å². The van der Waals surface area contributed by atoms with Gasteiger partial charge in [0.05, 0.1) is 18.2 Å². The van der Waals surface area contributed by atoms with Crippen LogP contribution in [0.2, 0.25) is 0 Å². The van der Waals surface area contributed by atoms with E-state index in [0.29, 0.717) is 28.4 Å². The number of rotatable bonds is 6. The number of hydrogen-bond donors (Lipinski definition) is 0. The number of carbonyl (C=O) groups excluding carboxylic acids is 3. The Kier molecular flexibility index (Phi) is 16.1. The van der Waals surface area contributed by atoms with Gasteiger partial charge in [0.1, 0.15) is 23.0 Å². The Hall–Kier alpha value is -4.13. The second-order valence-corrected chi connectivity index (χ2v) is 6.10. The molecule has 0 spiro atoms.